The maximum atomic E-state index is 12.0. The highest BCUT2D eigenvalue weighted by Crippen LogP contribution is 2.22. The van der Waals surface area contributed by atoms with Crippen molar-refractivity contribution < 1.29 is 32.6 Å². The summed E-state index contributed by atoms with van der Waals surface area (Å²) in [5, 5.41) is 11.4. The van der Waals surface area contributed by atoms with E-state index in [2.05, 4.69) is 10.1 Å². The van der Waals surface area contributed by atoms with E-state index >= 15 is 0 Å². The van der Waals surface area contributed by atoms with Gasteiger partial charge in [-0.05, 0) is 31.7 Å². The fourth-order valence-electron chi connectivity index (χ4n) is 1.62. The first-order chi connectivity index (χ1) is 10.6. The molecule has 1 atom stereocenters. The van der Waals surface area contributed by atoms with Crippen molar-refractivity contribution >= 4 is 24.3 Å². The number of likely N-dealkylation sites (N-methyl/N-ethyl adjacent to an activating group) is 1. The Morgan fingerprint density at radius 1 is 1.29 bits per heavy atom. The van der Waals surface area contributed by atoms with Gasteiger partial charge in [0, 0.05) is 6.54 Å². The summed E-state index contributed by atoms with van der Waals surface area (Å²) >= 11 is 0. The molecule has 0 fully saturated rings. The van der Waals surface area contributed by atoms with E-state index in [0.717, 1.165) is 12.1 Å². The maximum Gasteiger partial charge on any atom is 0.573 e. The predicted molar refractivity (Wildman–Crippen MR) is 81.9 cm³/mol. The van der Waals surface area contributed by atoms with Crippen molar-refractivity contribution in [1.29, 1.82) is 0 Å². The second-order valence-electron chi connectivity index (χ2n) is 4.90. The Morgan fingerprint density at radius 3 is 2.29 bits per heavy atom. The van der Waals surface area contributed by atoms with Gasteiger partial charge in [0.1, 0.15) is 11.8 Å². The quantitative estimate of drug-likeness (QED) is 0.767. The number of rotatable bonds is 7. The molecule has 0 aliphatic carbocycles. The third-order valence-electron chi connectivity index (χ3n) is 3.06. The third-order valence-corrected chi connectivity index (χ3v) is 3.06. The van der Waals surface area contributed by atoms with Gasteiger partial charge in [-0.1, -0.05) is 12.1 Å². The smallest absolute Gasteiger partial charge is 0.480 e. The summed E-state index contributed by atoms with van der Waals surface area (Å²) in [4.78, 5) is 23.8. The van der Waals surface area contributed by atoms with Crippen LogP contribution in [0.3, 0.4) is 0 Å². The number of amides is 1. The van der Waals surface area contributed by atoms with E-state index in [0.29, 0.717) is 5.56 Å². The Balaban J connectivity index is 0.00000529. The molecule has 0 aromatic heterocycles. The second kappa shape index (κ2) is 9.33. The van der Waals surface area contributed by atoms with Crippen LogP contribution in [0.15, 0.2) is 24.3 Å². The van der Waals surface area contributed by atoms with Crippen molar-refractivity contribution in [3.05, 3.63) is 29.8 Å². The van der Waals surface area contributed by atoms with E-state index in [1.807, 2.05) is 0 Å². The van der Waals surface area contributed by atoms with Crippen LogP contribution in [0.1, 0.15) is 12.5 Å². The van der Waals surface area contributed by atoms with E-state index in [9.17, 15) is 22.8 Å². The average Bonchev–Trinajstić information content (AvgIpc) is 2.43. The standard InChI is InChI=1S/C14H17F3N2O4.ClH/c1-9(13(21)22)19(2)8-12(20)18-7-10-3-5-11(6-4-10)23-14(15,16)17;/h3-6,9H,7-8H2,1-2H3,(H,18,20)(H,21,22);1H. The van der Waals surface area contributed by atoms with Gasteiger partial charge in [-0.2, -0.15) is 0 Å². The number of nitrogens with zero attached hydrogens (tertiary/aromatic N) is 1. The third kappa shape index (κ3) is 8.02. The molecule has 0 radical (unpaired) electrons. The van der Waals surface area contributed by atoms with Gasteiger partial charge in [0.2, 0.25) is 5.91 Å². The molecule has 10 heteroatoms. The molecule has 24 heavy (non-hydrogen) atoms. The number of aliphatic carboxylic acids is 1. The number of carbonyl (C=O) groups excluding carboxylic acids is 1. The molecule has 0 saturated heterocycles. The highest BCUT2D eigenvalue weighted by Gasteiger charge is 2.30. The van der Waals surface area contributed by atoms with E-state index in [4.69, 9.17) is 5.11 Å². The van der Waals surface area contributed by atoms with Gasteiger partial charge in [0.15, 0.2) is 0 Å². The Bertz CT molecular complexity index is 552. The zero-order valence-corrected chi connectivity index (χ0v) is 13.8. The summed E-state index contributed by atoms with van der Waals surface area (Å²) in [5.41, 5.74) is 0.585. The van der Waals surface area contributed by atoms with Crippen LogP contribution in [0.4, 0.5) is 13.2 Å². The number of hydrogen-bond donors (Lipinski definition) is 2. The number of ether oxygens (including phenoxy) is 1. The Hall–Kier alpha value is -2.00. The van der Waals surface area contributed by atoms with Gasteiger partial charge < -0.3 is 15.2 Å². The van der Waals surface area contributed by atoms with Gasteiger partial charge >= 0.3 is 12.3 Å². The van der Waals surface area contributed by atoms with Crippen LogP contribution in [0.5, 0.6) is 5.75 Å². The number of hydrogen-bond acceptors (Lipinski definition) is 4. The molecule has 2 N–H and O–H groups in total. The van der Waals surface area contributed by atoms with Crippen molar-refractivity contribution in [2.75, 3.05) is 13.6 Å². The van der Waals surface area contributed by atoms with Crippen molar-refractivity contribution in [3.8, 4) is 5.75 Å². The Morgan fingerprint density at radius 2 is 1.83 bits per heavy atom. The van der Waals surface area contributed by atoms with Crippen LogP contribution < -0.4 is 10.1 Å². The first-order valence-corrected chi connectivity index (χ1v) is 6.63. The first kappa shape index (κ1) is 22.0. The van der Waals surface area contributed by atoms with Crippen LogP contribution in [-0.4, -0.2) is 47.9 Å². The zero-order valence-electron chi connectivity index (χ0n) is 13.0. The normalized spacial score (nSPS) is 12.2. The van der Waals surface area contributed by atoms with E-state index < -0.39 is 24.3 Å². The molecule has 0 bridgehead atoms. The van der Waals surface area contributed by atoms with Crippen LogP contribution >= 0.6 is 12.4 Å². The van der Waals surface area contributed by atoms with Gasteiger partial charge in [0.25, 0.3) is 0 Å². The van der Waals surface area contributed by atoms with E-state index in [1.165, 1.54) is 31.0 Å². The molecule has 1 unspecified atom stereocenters. The number of halogens is 4. The lowest BCUT2D eigenvalue weighted by atomic mass is 10.2. The van der Waals surface area contributed by atoms with Crippen molar-refractivity contribution in [3.63, 3.8) is 0 Å². The number of benzene rings is 1. The fourth-order valence-corrected chi connectivity index (χ4v) is 1.62. The highest BCUT2D eigenvalue weighted by molar-refractivity contribution is 5.85. The summed E-state index contributed by atoms with van der Waals surface area (Å²) < 4.78 is 39.8. The fraction of sp³-hybridized carbons (Fsp3) is 0.429. The molecule has 0 spiro atoms. The molecule has 0 saturated carbocycles. The van der Waals surface area contributed by atoms with Gasteiger partial charge in [-0.3, -0.25) is 14.5 Å². The van der Waals surface area contributed by atoms with Crippen molar-refractivity contribution in [1.82, 2.24) is 10.2 Å². The Kier molecular flexibility index (Phi) is 8.56. The molecule has 1 amide bonds. The first-order valence-electron chi connectivity index (χ1n) is 6.63. The Labute approximate surface area is 143 Å². The molecule has 136 valence electrons. The summed E-state index contributed by atoms with van der Waals surface area (Å²) in [6.45, 7) is 1.46. The van der Waals surface area contributed by atoms with Crippen molar-refractivity contribution in [2.45, 2.75) is 25.9 Å². The minimum atomic E-state index is -4.75. The number of alkyl halides is 3. The number of carbonyl (C=O) groups is 2. The maximum absolute atomic E-state index is 12.0. The molecular weight excluding hydrogens is 353 g/mol. The monoisotopic (exact) mass is 370 g/mol. The van der Waals surface area contributed by atoms with Crippen LogP contribution in [0, 0.1) is 0 Å². The highest BCUT2D eigenvalue weighted by atomic mass is 35.5. The summed E-state index contributed by atoms with van der Waals surface area (Å²) in [6.07, 6.45) is -4.75. The zero-order chi connectivity index (χ0) is 17.6. The molecular formula is C14H18ClF3N2O4. The summed E-state index contributed by atoms with van der Waals surface area (Å²) in [7, 11) is 1.50. The van der Waals surface area contributed by atoms with Gasteiger partial charge in [-0.25, -0.2) is 0 Å². The minimum Gasteiger partial charge on any atom is -0.480 e. The van der Waals surface area contributed by atoms with Gasteiger partial charge in [0.05, 0.1) is 6.54 Å². The average molecular weight is 371 g/mol. The molecule has 0 aliphatic rings. The second-order valence-corrected chi connectivity index (χ2v) is 4.90. The number of nitrogens with one attached hydrogen (secondary N) is 1. The van der Waals surface area contributed by atoms with Crippen LogP contribution in [0.2, 0.25) is 0 Å². The lowest BCUT2D eigenvalue weighted by Crippen LogP contribution is -2.42. The lowest BCUT2D eigenvalue weighted by Gasteiger charge is -2.20. The largest absolute Gasteiger partial charge is 0.573 e. The molecule has 1 rings (SSSR count). The SMILES string of the molecule is CC(C(=O)O)N(C)CC(=O)NCc1ccc(OC(F)(F)F)cc1.Cl. The predicted octanol–water partition coefficient (Wildman–Crippen LogP) is 2.03. The van der Waals surface area contributed by atoms with Crippen molar-refractivity contribution in [2.24, 2.45) is 0 Å². The summed E-state index contributed by atoms with van der Waals surface area (Å²) in [6, 6.07) is 4.27. The molecule has 6 nitrogen and oxygen atoms in total. The molecule has 0 aliphatic heterocycles. The molecule has 0 heterocycles. The molecule has 1 aromatic carbocycles. The lowest BCUT2D eigenvalue weighted by molar-refractivity contribution is -0.274. The summed E-state index contributed by atoms with van der Waals surface area (Å²) in [5.74, 6) is -1.78. The minimum absolute atomic E-state index is 0. The van der Waals surface area contributed by atoms with Crippen LogP contribution in [-0.2, 0) is 16.1 Å². The van der Waals surface area contributed by atoms with E-state index in [-0.39, 0.29) is 31.2 Å². The van der Waals surface area contributed by atoms with Gasteiger partial charge in [-0.15, -0.1) is 25.6 Å². The number of carboxylic acid groups (broad SMARTS) is 1. The topological polar surface area (TPSA) is 78.9 Å². The van der Waals surface area contributed by atoms with E-state index in [1.54, 1.807) is 0 Å². The van der Waals surface area contributed by atoms with Crippen LogP contribution in [0.25, 0.3) is 0 Å². The molecule has 1 aromatic rings. The number of carboxylic acids is 1.